The smallest absolute Gasteiger partial charge is 0.371 e. The summed E-state index contributed by atoms with van der Waals surface area (Å²) >= 11 is 0. The number of carbonyl (C=O) groups excluding carboxylic acids is 1. The molecule has 1 saturated heterocycles. The number of rotatable bonds is 2. The van der Waals surface area contributed by atoms with Gasteiger partial charge in [-0.25, -0.2) is 0 Å². The van der Waals surface area contributed by atoms with Gasteiger partial charge in [0.15, 0.2) is 0 Å². The largest absolute Gasteiger partial charge is 0.416 e. The first-order valence-electron chi connectivity index (χ1n) is 7.09. The second kappa shape index (κ2) is 4.64. The average molecular weight is 298 g/mol. The zero-order valence-corrected chi connectivity index (χ0v) is 12.0. The number of halogens is 3. The monoisotopic (exact) mass is 298 g/mol. The van der Waals surface area contributed by atoms with Crippen LogP contribution in [-0.4, -0.2) is 29.9 Å². The Balaban J connectivity index is 2.11. The fraction of sp³-hybridized carbons (Fsp3) is 0.533. The molecule has 0 spiro atoms. The predicted molar refractivity (Wildman–Crippen MR) is 73.3 cm³/mol. The molecule has 3 nitrogen and oxygen atoms in total. The normalized spacial score (nSPS) is 18.3. The minimum atomic E-state index is -4.43. The number of hydrogen-bond acceptors (Lipinski definition) is 2. The van der Waals surface area contributed by atoms with Gasteiger partial charge < -0.3 is 9.80 Å². The molecule has 2 aliphatic rings. The first kappa shape index (κ1) is 14.2. The minimum absolute atomic E-state index is 0.0426. The standard InChI is InChI=1S/C15H17F3N2O/c1-9(2)20-8-12-11(14(20)21)6-10(19-4-3-5-19)7-13(12)15(16,17)18/h6-7,9H,3-5,8H2,1-2H3. The maximum absolute atomic E-state index is 13.3. The van der Waals surface area contributed by atoms with E-state index in [1.54, 1.807) is 6.07 Å². The van der Waals surface area contributed by atoms with Crippen LogP contribution in [0.2, 0.25) is 0 Å². The van der Waals surface area contributed by atoms with Crippen molar-refractivity contribution in [2.24, 2.45) is 0 Å². The number of hydrogen-bond donors (Lipinski definition) is 0. The minimum Gasteiger partial charge on any atom is -0.371 e. The fourth-order valence-electron chi connectivity index (χ4n) is 2.84. The average Bonchev–Trinajstić information content (AvgIpc) is 2.63. The van der Waals surface area contributed by atoms with E-state index in [2.05, 4.69) is 0 Å². The SMILES string of the molecule is CC(C)N1Cc2c(cc(N3CCC3)cc2C(F)(F)F)C1=O. The molecule has 6 heteroatoms. The zero-order chi connectivity index (χ0) is 15.4. The van der Waals surface area contributed by atoms with Crippen LogP contribution in [0.3, 0.4) is 0 Å². The molecule has 2 heterocycles. The maximum atomic E-state index is 13.3. The third-order valence-electron chi connectivity index (χ3n) is 4.20. The van der Waals surface area contributed by atoms with Gasteiger partial charge in [-0.2, -0.15) is 13.2 Å². The van der Waals surface area contributed by atoms with E-state index in [1.807, 2.05) is 18.7 Å². The summed E-state index contributed by atoms with van der Waals surface area (Å²) in [5.41, 5.74) is 0.163. The Kier molecular flexibility index (Phi) is 3.15. The third kappa shape index (κ3) is 2.26. The quantitative estimate of drug-likeness (QED) is 0.836. The van der Waals surface area contributed by atoms with Gasteiger partial charge in [0.25, 0.3) is 5.91 Å². The van der Waals surface area contributed by atoms with E-state index in [4.69, 9.17) is 0 Å². The van der Waals surface area contributed by atoms with Crippen molar-refractivity contribution < 1.29 is 18.0 Å². The molecule has 0 saturated carbocycles. The first-order chi connectivity index (χ1) is 9.79. The lowest BCUT2D eigenvalue weighted by atomic mass is 10.00. The second-order valence-electron chi connectivity index (χ2n) is 5.88. The van der Waals surface area contributed by atoms with E-state index in [0.717, 1.165) is 19.5 Å². The summed E-state index contributed by atoms with van der Waals surface area (Å²) in [6, 6.07) is 2.70. The number of alkyl halides is 3. The summed E-state index contributed by atoms with van der Waals surface area (Å²) in [5.74, 6) is -0.298. The molecule has 0 N–H and O–H groups in total. The van der Waals surface area contributed by atoms with Crippen LogP contribution in [0.5, 0.6) is 0 Å². The second-order valence-corrected chi connectivity index (χ2v) is 5.88. The van der Waals surface area contributed by atoms with Gasteiger partial charge in [0.05, 0.1) is 5.56 Å². The Hall–Kier alpha value is -1.72. The van der Waals surface area contributed by atoms with E-state index >= 15 is 0 Å². The van der Waals surface area contributed by atoms with Crippen LogP contribution in [0.4, 0.5) is 18.9 Å². The third-order valence-corrected chi connectivity index (χ3v) is 4.20. The van der Waals surface area contributed by atoms with Crippen molar-refractivity contribution in [2.75, 3.05) is 18.0 Å². The highest BCUT2D eigenvalue weighted by atomic mass is 19.4. The Morgan fingerprint density at radius 3 is 2.33 bits per heavy atom. The summed E-state index contributed by atoms with van der Waals surface area (Å²) < 4.78 is 39.9. The molecule has 1 aromatic carbocycles. The summed E-state index contributed by atoms with van der Waals surface area (Å²) in [6.45, 7) is 5.16. The molecule has 0 atom stereocenters. The van der Waals surface area contributed by atoms with Crippen molar-refractivity contribution >= 4 is 11.6 Å². The zero-order valence-electron chi connectivity index (χ0n) is 12.0. The van der Waals surface area contributed by atoms with Crippen molar-refractivity contribution in [1.82, 2.24) is 4.90 Å². The molecule has 3 rings (SSSR count). The van der Waals surface area contributed by atoms with Gasteiger partial charge in [-0.05, 0) is 38.0 Å². The number of fused-ring (bicyclic) bond motifs is 1. The molecule has 0 radical (unpaired) electrons. The fourth-order valence-corrected chi connectivity index (χ4v) is 2.84. The summed E-state index contributed by atoms with van der Waals surface area (Å²) in [6.07, 6.45) is -3.46. The van der Waals surface area contributed by atoms with Crippen molar-refractivity contribution in [2.45, 2.75) is 39.0 Å². The number of anilines is 1. The van der Waals surface area contributed by atoms with Gasteiger partial charge in [0.2, 0.25) is 0 Å². The van der Waals surface area contributed by atoms with Gasteiger partial charge in [-0.1, -0.05) is 0 Å². The molecule has 1 fully saturated rings. The molecule has 2 aliphatic heterocycles. The maximum Gasteiger partial charge on any atom is 0.416 e. The van der Waals surface area contributed by atoms with Crippen LogP contribution in [-0.2, 0) is 12.7 Å². The number of carbonyl (C=O) groups is 1. The van der Waals surface area contributed by atoms with Crippen molar-refractivity contribution in [3.63, 3.8) is 0 Å². The van der Waals surface area contributed by atoms with Gasteiger partial charge in [-0.15, -0.1) is 0 Å². The van der Waals surface area contributed by atoms with Gasteiger partial charge >= 0.3 is 6.18 Å². The lowest BCUT2D eigenvalue weighted by Gasteiger charge is -2.34. The molecular formula is C15H17F3N2O. The topological polar surface area (TPSA) is 23.6 Å². The van der Waals surface area contributed by atoms with Crippen molar-refractivity contribution in [1.29, 1.82) is 0 Å². The van der Waals surface area contributed by atoms with E-state index in [9.17, 15) is 18.0 Å². The van der Waals surface area contributed by atoms with E-state index < -0.39 is 11.7 Å². The molecule has 0 unspecified atom stereocenters. The van der Waals surface area contributed by atoms with E-state index in [-0.39, 0.29) is 29.6 Å². The van der Waals surface area contributed by atoms with Crippen LogP contribution in [0.25, 0.3) is 0 Å². The van der Waals surface area contributed by atoms with Crippen molar-refractivity contribution in [3.8, 4) is 0 Å². The highest BCUT2D eigenvalue weighted by Crippen LogP contribution is 2.41. The summed E-state index contributed by atoms with van der Waals surface area (Å²) in [5, 5.41) is 0. The highest BCUT2D eigenvalue weighted by Gasteiger charge is 2.41. The number of amides is 1. The molecule has 21 heavy (non-hydrogen) atoms. The Morgan fingerprint density at radius 2 is 1.86 bits per heavy atom. The lowest BCUT2D eigenvalue weighted by Crippen LogP contribution is -2.37. The van der Waals surface area contributed by atoms with Crippen LogP contribution >= 0.6 is 0 Å². The van der Waals surface area contributed by atoms with Crippen LogP contribution in [0, 0.1) is 0 Å². The first-order valence-corrected chi connectivity index (χ1v) is 7.09. The van der Waals surface area contributed by atoms with Crippen LogP contribution in [0.15, 0.2) is 12.1 Å². The summed E-state index contributed by atoms with van der Waals surface area (Å²) in [7, 11) is 0. The number of nitrogens with zero attached hydrogens (tertiary/aromatic N) is 2. The summed E-state index contributed by atoms with van der Waals surface area (Å²) in [4.78, 5) is 15.7. The Morgan fingerprint density at radius 1 is 1.19 bits per heavy atom. The van der Waals surface area contributed by atoms with Crippen LogP contribution < -0.4 is 4.90 Å². The molecule has 0 bridgehead atoms. The molecule has 1 aromatic rings. The van der Waals surface area contributed by atoms with E-state index in [0.29, 0.717) is 5.69 Å². The molecule has 1 amide bonds. The number of benzene rings is 1. The van der Waals surface area contributed by atoms with Gasteiger partial charge in [0, 0.05) is 36.9 Å². The molecule has 0 aromatic heterocycles. The molecular weight excluding hydrogens is 281 g/mol. The van der Waals surface area contributed by atoms with Crippen LogP contribution in [0.1, 0.15) is 41.8 Å². The van der Waals surface area contributed by atoms with Gasteiger partial charge in [0.1, 0.15) is 0 Å². The Labute approximate surface area is 121 Å². The Bertz CT molecular complexity index is 591. The van der Waals surface area contributed by atoms with E-state index in [1.165, 1.54) is 11.0 Å². The van der Waals surface area contributed by atoms with Gasteiger partial charge in [-0.3, -0.25) is 4.79 Å². The lowest BCUT2D eigenvalue weighted by molar-refractivity contribution is -0.138. The molecule has 114 valence electrons. The predicted octanol–water partition coefficient (Wildman–Crippen LogP) is 3.28. The van der Waals surface area contributed by atoms with Crippen molar-refractivity contribution in [3.05, 3.63) is 28.8 Å². The highest BCUT2D eigenvalue weighted by molar-refractivity contribution is 6.00. The molecule has 0 aliphatic carbocycles.